The van der Waals surface area contributed by atoms with Crippen molar-refractivity contribution in [2.45, 2.75) is 13.5 Å². The van der Waals surface area contributed by atoms with Gasteiger partial charge >= 0.3 is 5.97 Å². The molecule has 3 rings (SSSR count). The fourth-order valence-corrected chi connectivity index (χ4v) is 1.93. The van der Waals surface area contributed by atoms with Crippen LogP contribution in [-0.2, 0) is 11.3 Å². The number of carboxylic acids is 1. The van der Waals surface area contributed by atoms with Gasteiger partial charge in [-0.15, -0.1) is 5.10 Å². The third kappa shape index (κ3) is 2.13. The van der Waals surface area contributed by atoms with E-state index in [1.807, 2.05) is 30.3 Å². The quantitative estimate of drug-likeness (QED) is 0.778. The van der Waals surface area contributed by atoms with E-state index in [0.717, 1.165) is 11.0 Å². The molecule has 2 aromatic heterocycles. The highest BCUT2D eigenvalue weighted by Crippen LogP contribution is 2.26. The molecule has 1 unspecified atom stereocenters. The van der Waals surface area contributed by atoms with Gasteiger partial charge in [0.1, 0.15) is 5.58 Å². The Morgan fingerprint density at radius 2 is 2.25 bits per heavy atom. The number of para-hydroxylation sites is 1. The molecule has 0 aliphatic carbocycles. The maximum atomic E-state index is 10.9. The number of furan rings is 1. The Bertz CT molecular complexity index is 729. The topological polar surface area (TPSA) is 94.0 Å². The highest BCUT2D eigenvalue weighted by Gasteiger charge is 2.18. The first-order valence-electron chi connectivity index (χ1n) is 6.13. The van der Waals surface area contributed by atoms with Crippen LogP contribution >= 0.6 is 0 Å². The molecule has 0 bridgehead atoms. The predicted octanol–water partition coefficient (Wildman–Crippen LogP) is 1.81. The van der Waals surface area contributed by atoms with Gasteiger partial charge in [0.25, 0.3) is 0 Å². The van der Waals surface area contributed by atoms with Crippen molar-refractivity contribution in [3.05, 3.63) is 30.3 Å². The minimum atomic E-state index is -0.893. The Labute approximate surface area is 113 Å². The fourth-order valence-electron chi connectivity index (χ4n) is 1.93. The molecule has 102 valence electrons. The standard InChI is InChI=1S/C13H12N4O3/c1-8(13(18)19)7-17-12(14-15-16-17)11-6-9-4-2-3-5-10(9)20-11/h2-6,8H,7H2,1H3,(H,18,19). The first kappa shape index (κ1) is 12.3. The van der Waals surface area contributed by atoms with Crippen LogP contribution in [0.15, 0.2) is 34.7 Å². The minimum absolute atomic E-state index is 0.189. The third-order valence-corrected chi connectivity index (χ3v) is 3.05. The molecular formula is C13H12N4O3. The van der Waals surface area contributed by atoms with Crippen molar-refractivity contribution in [2.24, 2.45) is 5.92 Å². The summed E-state index contributed by atoms with van der Waals surface area (Å²) >= 11 is 0. The van der Waals surface area contributed by atoms with E-state index in [2.05, 4.69) is 15.5 Å². The number of fused-ring (bicyclic) bond motifs is 1. The monoisotopic (exact) mass is 272 g/mol. The van der Waals surface area contributed by atoms with Crippen LogP contribution in [0, 0.1) is 5.92 Å². The number of carboxylic acid groups (broad SMARTS) is 1. The maximum Gasteiger partial charge on any atom is 0.308 e. The van der Waals surface area contributed by atoms with E-state index in [1.165, 1.54) is 4.68 Å². The largest absolute Gasteiger partial charge is 0.481 e. The molecule has 7 nitrogen and oxygen atoms in total. The van der Waals surface area contributed by atoms with Gasteiger partial charge in [-0.3, -0.25) is 4.79 Å². The predicted molar refractivity (Wildman–Crippen MR) is 69.8 cm³/mol. The van der Waals surface area contributed by atoms with Crippen LogP contribution in [0.2, 0.25) is 0 Å². The van der Waals surface area contributed by atoms with Gasteiger partial charge in [-0.25, -0.2) is 4.68 Å². The van der Waals surface area contributed by atoms with Crippen molar-refractivity contribution in [3.63, 3.8) is 0 Å². The van der Waals surface area contributed by atoms with E-state index in [-0.39, 0.29) is 6.54 Å². The summed E-state index contributed by atoms with van der Waals surface area (Å²) in [6.45, 7) is 1.79. The van der Waals surface area contributed by atoms with Crippen LogP contribution in [0.1, 0.15) is 6.92 Å². The Morgan fingerprint density at radius 1 is 1.45 bits per heavy atom. The lowest BCUT2D eigenvalue weighted by Gasteiger charge is -2.06. The van der Waals surface area contributed by atoms with Crippen molar-refractivity contribution in [1.29, 1.82) is 0 Å². The number of hydrogen-bond acceptors (Lipinski definition) is 5. The van der Waals surface area contributed by atoms with Gasteiger partial charge < -0.3 is 9.52 Å². The van der Waals surface area contributed by atoms with Gasteiger partial charge in [0.15, 0.2) is 5.76 Å². The van der Waals surface area contributed by atoms with Gasteiger partial charge in [-0.05, 0) is 22.6 Å². The Kier molecular flexibility index (Phi) is 2.94. The summed E-state index contributed by atoms with van der Waals surface area (Å²) in [6, 6.07) is 9.41. The second-order valence-electron chi connectivity index (χ2n) is 4.57. The summed E-state index contributed by atoms with van der Waals surface area (Å²) in [5.74, 6) is -0.527. The lowest BCUT2D eigenvalue weighted by molar-refractivity contribution is -0.141. The molecule has 7 heteroatoms. The van der Waals surface area contributed by atoms with E-state index in [9.17, 15) is 4.79 Å². The van der Waals surface area contributed by atoms with Crippen molar-refractivity contribution >= 4 is 16.9 Å². The van der Waals surface area contributed by atoms with Crippen LogP contribution in [0.4, 0.5) is 0 Å². The summed E-state index contributed by atoms with van der Waals surface area (Å²) in [5, 5.41) is 21.2. The number of hydrogen-bond donors (Lipinski definition) is 1. The smallest absolute Gasteiger partial charge is 0.308 e. The first-order valence-corrected chi connectivity index (χ1v) is 6.13. The number of rotatable bonds is 4. The molecule has 0 saturated carbocycles. The summed E-state index contributed by atoms with van der Waals surface area (Å²) in [7, 11) is 0. The van der Waals surface area contributed by atoms with Crippen LogP contribution in [0.5, 0.6) is 0 Å². The van der Waals surface area contributed by atoms with E-state index in [0.29, 0.717) is 11.6 Å². The summed E-state index contributed by atoms with van der Waals surface area (Å²) in [6.07, 6.45) is 0. The average molecular weight is 272 g/mol. The number of aliphatic carboxylic acids is 1. The fraction of sp³-hybridized carbons (Fsp3) is 0.231. The van der Waals surface area contributed by atoms with Gasteiger partial charge in [0.05, 0.1) is 12.5 Å². The van der Waals surface area contributed by atoms with Crippen LogP contribution in [-0.4, -0.2) is 31.3 Å². The average Bonchev–Trinajstić information content (AvgIpc) is 3.03. The third-order valence-electron chi connectivity index (χ3n) is 3.05. The van der Waals surface area contributed by atoms with Crippen LogP contribution < -0.4 is 0 Å². The van der Waals surface area contributed by atoms with E-state index in [4.69, 9.17) is 9.52 Å². The Hall–Kier alpha value is -2.70. The number of nitrogens with zero attached hydrogens (tertiary/aromatic N) is 4. The number of aromatic nitrogens is 4. The first-order chi connectivity index (χ1) is 9.65. The molecule has 2 heterocycles. The second-order valence-corrected chi connectivity index (χ2v) is 4.57. The molecule has 0 saturated heterocycles. The molecule has 0 radical (unpaired) electrons. The molecule has 0 spiro atoms. The lowest BCUT2D eigenvalue weighted by Crippen LogP contribution is -2.18. The second kappa shape index (κ2) is 4.76. The summed E-state index contributed by atoms with van der Waals surface area (Å²) in [4.78, 5) is 10.9. The zero-order valence-electron chi connectivity index (χ0n) is 10.7. The normalized spacial score (nSPS) is 12.7. The number of tetrazole rings is 1. The molecule has 0 fully saturated rings. The van der Waals surface area contributed by atoms with Crippen LogP contribution in [0.25, 0.3) is 22.6 Å². The molecule has 3 aromatic rings. The summed E-state index contributed by atoms with van der Waals surface area (Å²) < 4.78 is 7.13. The maximum absolute atomic E-state index is 10.9. The SMILES string of the molecule is CC(Cn1nnnc1-c1cc2ccccc2o1)C(=O)O. The Balaban J connectivity index is 1.98. The van der Waals surface area contributed by atoms with Gasteiger partial charge in [0, 0.05) is 5.39 Å². The van der Waals surface area contributed by atoms with Gasteiger partial charge in [0.2, 0.25) is 5.82 Å². The molecule has 1 atom stereocenters. The molecular weight excluding hydrogens is 260 g/mol. The van der Waals surface area contributed by atoms with Crippen molar-refractivity contribution < 1.29 is 14.3 Å². The molecule has 1 N–H and O–H groups in total. The molecule has 1 aromatic carbocycles. The van der Waals surface area contributed by atoms with Gasteiger partial charge in [-0.1, -0.05) is 25.1 Å². The molecule has 20 heavy (non-hydrogen) atoms. The summed E-state index contributed by atoms with van der Waals surface area (Å²) in [5.41, 5.74) is 0.739. The van der Waals surface area contributed by atoms with Crippen molar-refractivity contribution in [1.82, 2.24) is 20.2 Å². The van der Waals surface area contributed by atoms with Gasteiger partial charge in [-0.2, -0.15) is 0 Å². The number of benzene rings is 1. The lowest BCUT2D eigenvalue weighted by atomic mass is 10.2. The van der Waals surface area contributed by atoms with E-state index in [1.54, 1.807) is 6.92 Å². The zero-order chi connectivity index (χ0) is 14.1. The van der Waals surface area contributed by atoms with E-state index >= 15 is 0 Å². The van der Waals surface area contributed by atoms with E-state index < -0.39 is 11.9 Å². The minimum Gasteiger partial charge on any atom is -0.481 e. The molecule has 0 aliphatic rings. The van der Waals surface area contributed by atoms with Crippen molar-refractivity contribution in [2.75, 3.05) is 0 Å². The van der Waals surface area contributed by atoms with Crippen LogP contribution in [0.3, 0.4) is 0 Å². The van der Waals surface area contributed by atoms with Crippen molar-refractivity contribution in [3.8, 4) is 11.6 Å². The molecule has 0 aliphatic heterocycles. The number of carbonyl (C=O) groups is 1. The zero-order valence-corrected chi connectivity index (χ0v) is 10.7. The Morgan fingerprint density at radius 3 is 3.00 bits per heavy atom. The highest BCUT2D eigenvalue weighted by atomic mass is 16.4. The highest BCUT2D eigenvalue weighted by molar-refractivity contribution is 5.81. The molecule has 0 amide bonds.